The first-order chi connectivity index (χ1) is 4.93. The molecule has 0 atom stereocenters. The number of nitrogens with one attached hydrogen (secondary N) is 1. The summed E-state index contributed by atoms with van der Waals surface area (Å²) < 4.78 is 0. The first-order valence-corrected chi connectivity index (χ1v) is 2.87. The minimum atomic E-state index is 0.485. The van der Waals surface area contributed by atoms with Crippen LogP contribution in [0.25, 0.3) is 0 Å². The first-order valence-electron chi connectivity index (χ1n) is 2.87. The summed E-state index contributed by atoms with van der Waals surface area (Å²) in [6, 6.07) is 0. The number of terminal acetylenes is 1. The predicted molar refractivity (Wildman–Crippen MR) is 39.4 cm³/mol. The molecule has 0 saturated carbocycles. The topological polar surface area (TPSA) is 37.8 Å². The summed E-state index contributed by atoms with van der Waals surface area (Å²) in [6.07, 6.45) is 9.86. The second-order valence-corrected chi connectivity index (χ2v) is 1.65. The standard InChI is InChI=1S/C7H7N3/c1-2-3-9-7-6-8-4-5-10-7/h1,4-6H,3H2,(H,9,10). The van der Waals surface area contributed by atoms with Crippen LogP contribution in [0.3, 0.4) is 0 Å². The molecule has 3 heteroatoms. The first kappa shape index (κ1) is 6.56. The van der Waals surface area contributed by atoms with Gasteiger partial charge >= 0.3 is 0 Å². The van der Waals surface area contributed by atoms with Crippen LogP contribution in [-0.4, -0.2) is 16.5 Å². The van der Waals surface area contributed by atoms with Crippen molar-refractivity contribution in [2.45, 2.75) is 0 Å². The van der Waals surface area contributed by atoms with Gasteiger partial charge in [-0.15, -0.1) is 6.42 Å². The minimum absolute atomic E-state index is 0.485. The molecule has 10 heavy (non-hydrogen) atoms. The molecule has 0 aliphatic heterocycles. The Labute approximate surface area is 59.5 Å². The van der Waals surface area contributed by atoms with Gasteiger partial charge in [-0.25, -0.2) is 4.98 Å². The van der Waals surface area contributed by atoms with Crippen molar-refractivity contribution in [2.75, 3.05) is 11.9 Å². The van der Waals surface area contributed by atoms with Crippen molar-refractivity contribution in [3.63, 3.8) is 0 Å². The van der Waals surface area contributed by atoms with Gasteiger partial charge in [0.1, 0.15) is 5.82 Å². The average molecular weight is 133 g/mol. The average Bonchev–Trinajstić information content (AvgIpc) is 2.03. The van der Waals surface area contributed by atoms with Crippen molar-refractivity contribution in [3.8, 4) is 12.3 Å². The molecular formula is C7H7N3. The Morgan fingerprint density at radius 1 is 1.60 bits per heavy atom. The molecule has 1 heterocycles. The third-order valence-electron chi connectivity index (χ3n) is 0.935. The number of aromatic nitrogens is 2. The maximum absolute atomic E-state index is 5.02. The smallest absolute Gasteiger partial charge is 0.145 e. The monoisotopic (exact) mass is 133 g/mol. The van der Waals surface area contributed by atoms with Crippen LogP contribution in [0.5, 0.6) is 0 Å². The Morgan fingerprint density at radius 2 is 2.50 bits per heavy atom. The van der Waals surface area contributed by atoms with Crippen LogP contribution in [0.15, 0.2) is 18.6 Å². The molecule has 0 fully saturated rings. The van der Waals surface area contributed by atoms with E-state index in [4.69, 9.17) is 6.42 Å². The Bertz CT molecular complexity index is 224. The van der Waals surface area contributed by atoms with E-state index in [0.29, 0.717) is 12.4 Å². The van der Waals surface area contributed by atoms with Crippen molar-refractivity contribution >= 4 is 5.82 Å². The van der Waals surface area contributed by atoms with E-state index < -0.39 is 0 Å². The summed E-state index contributed by atoms with van der Waals surface area (Å²) in [7, 11) is 0. The molecule has 0 spiro atoms. The summed E-state index contributed by atoms with van der Waals surface area (Å²) in [5, 5.41) is 2.88. The Balaban J connectivity index is 2.52. The number of nitrogens with zero attached hydrogens (tertiary/aromatic N) is 2. The van der Waals surface area contributed by atoms with E-state index in [2.05, 4.69) is 21.2 Å². The number of anilines is 1. The summed E-state index contributed by atoms with van der Waals surface area (Å²) in [4.78, 5) is 7.79. The van der Waals surface area contributed by atoms with Crippen molar-refractivity contribution < 1.29 is 0 Å². The molecule has 1 rings (SSSR count). The largest absolute Gasteiger partial charge is 0.358 e. The zero-order chi connectivity index (χ0) is 7.23. The molecule has 0 aliphatic carbocycles. The number of hydrogen-bond acceptors (Lipinski definition) is 3. The van der Waals surface area contributed by atoms with E-state index in [1.165, 1.54) is 0 Å². The highest BCUT2D eigenvalue weighted by Gasteiger charge is 1.85. The zero-order valence-corrected chi connectivity index (χ0v) is 5.41. The van der Waals surface area contributed by atoms with Gasteiger partial charge in [0.05, 0.1) is 12.7 Å². The van der Waals surface area contributed by atoms with Crippen molar-refractivity contribution in [3.05, 3.63) is 18.6 Å². The summed E-state index contributed by atoms with van der Waals surface area (Å²) in [6.45, 7) is 0.485. The Morgan fingerprint density at radius 3 is 3.10 bits per heavy atom. The van der Waals surface area contributed by atoms with E-state index in [1.807, 2.05) is 0 Å². The van der Waals surface area contributed by atoms with Gasteiger partial charge in [-0.2, -0.15) is 0 Å². The van der Waals surface area contributed by atoms with Gasteiger partial charge in [-0.05, 0) is 0 Å². The normalized spacial score (nSPS) is 8.30. The lowest BCUT2D eigenvalue weighted by atomic mass is 10.6. The summed E-state index contributed by atoms with van der Waals surface area (Å²) >= 11 is 0. The lowest BCUT2D eigenvalue weighted by Gasteiger charge is -1.96. The highest BCUT2D eigenvalue weighted by Crippen LogP contribution is 1.94. The van der Waals surface area contributed by atoms with Gasteiger partial charge in [0.25, 0.3) is 0 Å². The molecule has 0 radical (unpaired) electrons. The highest BCUT2D eigenvalue weighted by molar-refractivity contribution is 5.31. The number of hydrogen-bond donors (Lipinski definition) is 1. The van der Waals surface area contributed by atoms with E-state index >= 15 is 0 Å². The second-order valence-electron chi connectivity index (χ2n) is 1.65. The quantitative estimate of drug-likeness (QED) is 0.598. The van der Waals surface area contributed by atoms with Crippen LogP contribution in [0.2, 0.25) is 0 Å². The minimum Gasteiger partial charge on any atom is -0.358 e. The molecular weight excluding hydrogens is 126 g/mol. The van der Waals surface area contributed by atoms with Gasteiger partial charge < -0.3 is 5.32 Å². The van der Waals surface area contributed by atoms with Gasteiger partial charge in [-0.3, -0.25) is 4.98 Å². The van der Waals surface area contributed by atoms with Gasteiger partial charge in [0.2, 0.25) is 0 Å². The third kappa shape index (κ3) is 1.75. The second kappa shape index (κ2) is 3.46. The molecule has 0 amide bonds. The fourth-order valence-electron chi connectivity index (χ4n) is 0.532. The van der Waals surface area contributed by atoms with E-state index in [9.17, 15) is 0 Å². The molecule has 1 aromatic rings. The van der Waals surface area contributed by atoms with Crippen molar-refractivity contribution in [2.24, 2.45) is 0 Å². The molecule has 1 aromatic heterocycles. The van der Waals surface area contributed by atoms with Crippen LogP contribution in [0.4, 0.5) is 5.82 Å². The van der Waals surface area contributed by atoms with Gasteiger partial charge in [-0.1, -0.05) is 5.92 Å². The lowest BCUT2D eigenvalue weighted by molar-refractivity contribution is 1.17. The highest BCUT2D eigenvalue weighted by atomic mass is 15.0. The molecule has 50 valence electrons. The maximum Gasteiger partial charge on any atom is 0.145 e. The van der Waals surface area contributed by atoms with Crippen LogP contribution in [0, 0.1) is 12.3 Å². The molecule has 1 N–H and O–H groups in total. The summed E-state index contributed by atoms with van der Waals surface area (Å²) in [5.41, 5.74) is 0. The third-order valence-corrected chi connectivity index (χ3v) is 0.935. The molecule has 0 aliphatic rings. The van der Waals surface area contributed by atoms with Crippen LogP contribution < -0.4 is 5.32 Å². The maximum atomic E-state index is 5.02. The molecule has 0 bridgehead atoms. The number of rotatable bonds is 2. The zero-order valence-electron chi connectivity index (χ0n) is 5.41. The predicted octanol–water partition coefficient (Wildman–Crippen LogP) is 0.522. The fraction of sp³-hybridized carbons (Fsp3) is 0.143. The SMILES string of the molecule is C#CCNc1cnccn1. The molecule has 0 unspecified atom stereocenters. The summed E-state index contributed by atoms with van der Waals surface area (Å²) in [5.74, 6) is 3.15. The molecule has 0 saturated heterocycles. The van der Waals surface area contributed by atoms with E-state index in [-0.39, 0.29) is 0 Å². The lowest BCUT2D eigenvalue weighted by Crippen LogP contribution is -2.00. The van der Waals surface area contributed by atoms with E-state index in [1.54, 1.807) is 18.6 Å². The van der Waals surface area contributed by atoms with Crippen molar-refractivity contribution in [1.82, 2.24) is 9.97 Å². The van der Waals surface area contributed by atoms with Gasteiger partial charge in [0.15, 0.2) is 0 Å². The van der Waals surface area contributed by atoms with Crippen LogP contribution >= 0.6 is 0 Å². The van der Waals surface area contributed by atoms with Crippen molar-refractivity contribution in [1.29, 1.82) is 0 Å². The molecule has 0 aromatic carbocycles. The molecule has 3 nitrogen and oxygen atoms in total. The fourth-order valence-corrected chi connectivity index (χ4v) is 0.532. The Hall–Kier alpha value is -1.56. The van der Waals surface area contributed by atoms with Crippen LogP contribution in [0.1, 0.15) is 0 Å². The Kier molecular flexibility index (Phi) is 2.27. The van der Waals surface area contributed by atoms with E-state index in [0.717, 1.165) is 0 Å². The van der Waals surface area contributed by atoms with Gasteiger partial charge in [0, 0.05) is 12.4 Å². The van der Waals surface area contributed by atoms with Crippen LogP contribution in [-0.2, 0) is 0 Å².